The maximum absolute atomic E-state index is 11.5. The molecule has 1 aromatic rings. The number of nitrogens with one attached hydrogen (secondary N) is 3. The van der Waals surface area contributed by atoms with Crippen LogP contribution in [0.3, 0.4) is 0 Å². The number of likely N-dealkylation sites (N-methyl/N-ethyl adjacent to an activating group) is 1. The molecule has 3 N–H and O–H groups in total. The molecular formula is C20H35IN6O2. The number of ether oxygens (including phenoxy) is 1. The van der Waals surface area contributed by atoms with E-state index in [1.165, 1.54) is 5.56 Å². The lowest BCUT2D eigenvalue weighted by molar-refractivity contribution is -0.120. The lowest BCUT2D eigenvalue weighted by atomic mass is 10.2. The summed E-state index contributed by atoms with van der Waals surface area (Å²) < 4.78 is 5.08. The number of anilines is 1. The Balaban J connectivity index is 0.00000420. The van der Waals surface area contributed by atoms with E-state index in [4.69, 9.17) is 4.74 Å². The fourth-order valence-corrected chi connectivity index (χ4v) is 3.05. The van der Waals surface area contributed by atoms with Gasteiger partial charge in [0.2, 0.25) is 5.91 Å². The number of nitrogens with zero attached hydrogens (tertiary/aromatic N) is 3. The number of hydrogen-bond donors (Lipinski definition) is 3. The lowest BCUT2D eigenvalue weighted by Gasteiger charge is -2.28. The highest BCUT2D eigenvalue weighted by Gasteiger charge is 2.16. The number of halogens is 1. The molecule has 0 unspecified atom stereocenters. The highest BCUT2D eigenvalue weighted by Crippen LogP contribution is 2.15. The Morgan fingerprint density at radius 1 is 1.28 bits per heavy atom. The standard InChI is InChI=1S/C20H34N6O2.HI/c1-21-20(23-9-12-25(2)11-4-14-28-3)24-15-17-5-7-18(8-6-17)26-13-10-22-19(27)16-26;/h5-8H,4,9-16H2,1-3H3,(H,22,27)(H2,21,23,24);1H. The number of amides is 1. The van der Waals surface area contributed by atoms with Crippen molar-refractivity contribution in [1.82, 2.24) is 20.9 Å². The molecule has 1 amide bonds. The molecule has 2 rings (SSSR count). The summed E-state index contributed by atoms with van der Waals surface area (Å²) >= 11 is 0. The van der Waals surface area contributed by atoms with Gasteiger partial charge < -0.3 is 30.5 Å². The molecule has 0 saturated carbocycles. The maximum atomic E-state index is 11.5. The first-order valence-electron chi connectivity index (χ1n) is 9.85. The maximum Gasteiger partial charge on any atom is 0.239 e. The van der Waals surface area contributed by atoms with E-state index in [0.717, 1.165) is 50.9 Å². The fourth-order valence-electron chi connectivity index (χ4n) is 3.05. The second kappa shape index (κ2) is 14.4. The number of guanidine groups is 1. The van der Waals surface area contributed by atoms with E-state index in [1.807, 2.05) is 0 Å². The number of carbonyl (C=O) groups is 1. The Bertz CT molecular complexity index is 626. The molecule has 1 heterocycles. The average Bonchev–Trinajstić information content (AvgIpc) is 2.71. The predicted molar refractivity (Wildman–Crippen MR) is 129 cm³/mol. The van der Waals surface area contributed by atoms with E-state index >= 15 is 0 Å². The molecule has 0 aromatic heterocycles. The molecule has 1 saturated heterocycles. The zero-order valence-electron chi connectivity index (χ0n) is 17.7. The minimum Gasteiger partial charge on any atom is -0.385 e. The summed E-state index contributed by atoms with van der Waals surface area (Å²) in [5, 5.41) is 9.53. The summed E-state index contributed by atoms with van der Waals surface area (Å²) in [7, 11) is 5.63. The molecule has 0 aliphatic carbocycles. The van der Waals surface area contributed by atoms with Crippen LogP contribution in [0, 0.1) is 0 Å². The third-order valence-electron chi connectivity index (χ3n) is 4.70. The third kappa shape index (κ3) is 9.64. The van der Waals surface area contributed by atoms with Crippen molar-refractivity contribution < 1.29 is 9.53 Å². The Kier molecular flexibility index (Phi) is 12.6. The third-order valence-corrected chi connectivity index (χ3v) is 4.70. The first kappa shape index (κ1) is 25.4. The number of carbonyl (C=O) groups excluding carboxylic acids is 1. The van der Waals surface area contributed by atoms with Gasteiger partial charge in [0.1, 0.15) is 0 Å². The first-order valence-corrected chi connectivity index (χ1v) is 9.85. The van der Waals surface area contributed by atoms with Gasteiger partial charge in [-0.1, -0.05) is 12.1 Å². The van der Waals surface area contributed by atoms with Crippen LogP contribution in [0.15, 0.2) is 29.3 Å². The number of benzene rings is 1. The molecule has 0 radical (unpaired) electrons. The number of piperazine rings is 1. The highest BCUT2D eigenvalue weighted by atomic mass is 127. The molecule has 8 nitrogen and oxygen atoms in total. The van der Waals surface area contributed by atoms with Gasteiger partial charge in [-0.2, -0.15) is 0 Å². The zero-order valence-corrected chi connectivity index (χ0v) is 20.1. The minimum atomic E-state index is 0. The molecule has 1 aliphatic rings. The molecule has 0 bridgehead atoms. The largest absolute Gasteiger partial charge is 0.385 e. The molecule has 1 aliphatic heterocycles. The molecule has 1 fully saturated rings. The molecule has 164 valence electrons. The quantitative estimate of drug-likeness (QED) is 0.185. The summed E-state index contributed by atoms with van der Waals surface area (Å²) in [6, 6.07) is 8.32. The van der Waals surface area contributed by atoms with Crippen LogP contribution in [0.25, 0.3) is 0 Å². The van der Waals surface area contributed by atoms with E-state index in [0.29, 0.717) is 19.6 Å². The summed E-state index contributed by atoms with van der Waals surface area (Å²) in [5.41, 5.74) is 2.25. The van der Waals surface area contributed by atoms with Crippen molar-refractivity contribution >= 4 is 41.5 Å². The van der Waals surface area contributed by atoms with Crippen LogP contribution in [0.5, 0.6) is 0 Å². The smallest absolute Gasteiger partial charge is 0.239 e. The van der Waals surface area contributed by atoms with Gasteiger partial charge in [-0.05, 0) is 31.2 Å². The van der Waals surface area contributed by atoms with Gasteiger partial charge in [0.15, 0.2) is 5.96 Å². The van der Waals surface area contributed by atoms with Crippen LogP contribution in [-0.2, 0) is 16.1 Å². The number of methoxy groups -OCH3 is 1. The van der Waals surface area contributed by atoms with Crippen LogP contribution in [-0.4, -0.2) is 83.8 Å². The Hall–Kier alpha value is -1.59. The van der Waals surface area contributed by atoms with Crippen molar-refractivity contribution in [2.45, 2.75) is 13.0 Å². The van der Waals surface area contributed by atoms with E-state index in [1.54, 1.807) is 14.2 Å². The van der Waals surface area contributed by atoms with Gasteiger partial charge in [0.05, 0.1) is 6.54 Å². The van der Waals surface area contributed by atoms with Crippen molar-refractivity contribution in [1.29, 1.82) is 0 Å². The zero-order chi connectivity index (χ0) is 20.2. The van der Waals surface area contributed by atoms with Crippen molar-refractivity contribution in [3.8, 4) is 0 Å². The van der Waals surface area contributed by atoms with Gasteiger partial charge in [-0.25, -0.2) is 0 Å². The van der Waals surface area contributed by atoms with Crippen LogP contribution in [0.4, 0.5) is 5.69 Å². The number of hydrogen-bond acceptors (Lipinski definition) is 5. The molecular weight excluding hydrogens is 483 g/mol. The van der Waals surface area contributed by atoms with Crippen molar-refractivity contribution in [3.63, 3.8) is 0 Å². The molecule has 0 atom stereocenters. The minimum absolute atomic E-state index is 0. The average molecular weight is 518 g/mol. The van der Waals surface area contributed by atoms with Gasteiger partial charge >= 0.3 is 0 Å². The monoisotopic (exact) mass is 518 g/mol. The second-order valence-corrected chi connectivity index (χ2v) is 6.94. The van der Waals surface area contributed by atoms with E-state index in [2.05, 4.69) is 62.1 Å². The number of aliphatic imine (C=N–C) groups is 1. The molecule has 1 aromatic carbocycles. The summed E-state index contributed by atoms with van der Waals surface area (Å²) in [5.74, 6) is 0.873. The topological polar surface area (TPSA) is 81.2 Å². The van der Waals surface area contributed by atoms with E-state index < -0.39 is 0 Å². The van der Waals surface area contributed by atoms with E-state index in [-0.39, 0.29) is 29.9 Å². The Morgan fingerprint density at radius 3 is 2.69 bits per heavy atom. The summed E-state index contributed by atoms with van der Waals surface area (Å²) in [6.45, 7) is 6.27. The van der Waals surface area contributed by atoms with Crippen LogP contribution < -0.4 is 20.9 Å². The van der Waals surface area contributed by atoms with Crippen LogP contribution in [0.2, 0.25) is 0 Å². The van der Waals surface area contributed by atoms with Crippen molar-refractivity contribution in [3.05, 3.63) is 29.8 Å². The Labute approximate surface area is 191 Å². The van der Waals surface area contributed by atoms with Gasteiger partial charge in [-0.3, -0.25) is 9.79 Å². The SMILES string of the molecule is CN=C(NCCN(C)CCCOC)NCc1ccc(N2CCNC(=O)C2)cc1.I. The predicted octanol–water partition coefficient (Wildman–Crippen LogP) is 0.874. The van der Waals surface area contributed by atoms with Crippen LogP contribution in [0.1, 0.15) is 12.0 Å². The Morgan fingerprint density at radius 2 is 2.03 bits per heavy atom. The van der Waals surface area contributed by atoms with Crippen LogP contribution >= 0.6 is 24.0 Å². The summed E-state index contributed by atoms with van der Waals surface area (Å²) in [4.78, 5) is 20.2. The fraction of sp³-hybridized carbons (Fsp3) is 0.600. The van der Waals surface area contributed by atoms with Gasteiger partial charge in [-0.15, -0.1) is 24.0 Å². The number of rotatable bonds is 10. The first-order chi connectivity index (χ1) is 13.6. The van der Waals surface area contributed by atoms with Gasteiger partial charge in [0.25, 0.3) is 0 Å². The van der Waals surface area contributed by atoms with Crippen molar-refractivity contribution in [2.75, 3.05) is 72.0 Å². The highest BCUT2D eigenvalue weighted by molar-refractivity contribution is 14.0. The van der Waals surface area contributed by atoms with Crippen molar-refractivity contribution in [2.24, 2.45) is 4.99 Å². The normalized spacial score (nSPS) is 14.4. The molecule has 29 heavy (non-hydrogen) atoms. The van der Waals surface area contributed by atoms with E-state index in [9.17, 15) is 4.79 Å². The second-order valence-electron chi connectivity index (χ2n) is 6.94. The molecule has 9 heteroatoms. The lowest BCUT2D eigenvalue weighted by Crippen LogP contribution is -2.47. The van der Waals surface area contributed by atoms with Gasteiger partial charge in [0, 0.05) is 65.7 Å². The summed E-state index contributed by atoms with van der Waals surface area (Å²) in [6.07, 6.45) is 1.04. The molecule has 0 spiro atoms.